The second-order valence-electron chi connectivity index (χ2n) is 5.27. The number of aliphatic hydroxyl groups is 1. The minimum atomic E-state index is -0.380. The molecule has 5 heteroatoms. The number of benzene rings is 2. The molecule has 5 nitrogen and oxygen atoms in total. The van der Waals surface area contributed by atoms with E-state index in [1.54, 1.807) is 24.3 Å². The summed E-state index contributed by atoms with van der Waals surface area (Å²) in [5, 5.41) is 14.7. The highest BCUT2D eigenvalue weighted by atomic mass is 16.3. The van der Waals surface area contributed by atoms with Crippen LogP contribution in [0.25, 0.3) is 0 Å². The number of carbonyl (C=O) groups excluding carboxylic acids is 2. The number of rotatable bonds is 6. The van der Waals surface area contributed by atoms with Gasteiger partial charge >= 0.3 is 0 Å². The molecular weight excluding hydrogens is 292 g/mol. The number of hydrogen-bond donors (Lipinski definition) is 3. The van der Waals surface area contributed by atoms with Crippen LogP contribution in [0.5, 0.6) is 0 Å². The first-order valence-corrected chi connectivity index (χ1v) is 7.40. The monoisotopic (exact) mass is 312 g/mol. The number of amides is 2. The summed E-state index contributed by atoms with van der Waals surface area (Å²) in [6, 6.07) is 16.0. The highest BCUT2D eigenvalue weighted by Crippen LogP contribution is 2.18. The molecule has 120 valence electrons. The summed E-state index contributed by atoms with van der Waals surface area (Å²) >= 11 is 0. The van der Waals surface area contributed by atoms with Crippen LogP contribution in [0.1, 0.15) is 30.5 Å². The van der Waals surface area contributed by atoms with Gasteiger partial charge in [0.2, 0.25) is 11.8 Å². The van der Waals surface area contributed by atoms with E-state index in [0.717, 1.165) is 11.1 Å². The fourth-order valence-electron chi connectivity index (χ4n) is 2.33. The highest BCUT2D eigenvalue weighted by molar-refractivity contribution is 5.91. The van der Waals surface area contributed by atoms with E-state index in [2.05, 4.69) is 10.6 Å². The van der Waals surface area contributed by atoms with Crippen molar-refractivity contribution in [2.24, 2.45) is 0 Å². The Bertz CT molecular complexity index is 671. The van der Waals surface area contributed by atoms with Gasteiger partial charge in [0.05, 0.1) is 19.1 Å². The molecule has 0 saturated heterocycles. The fourth-order valence-corrected chi connectivity index (χ4v) is 2.33. The summed E-state index contributed by atoms with van der Waals surface area (Å²) in [5.74, 6) is -0.392. The SMILES string of the molecule is CC(=O)NC(CC(=O)Nc1cccc(CO)c1)c1ccccc1. The van der Waals surface area contributed by atoms with Crippen LogP contribution in [0.3, 0.4) is 0 Å². The number of carbonyl (C=O) groups is 2. The molecule has 0 heterocycles. The third kappa shape index (κ3) is 5.23. The summed E-state index contributed by atoms with van der Waals surface area (Å²) in [6.07, 6.45) is 0.132. The van der Waals surface area contributed by atoms with E-state index in [9.17, 15) is 9.59 Å². The van der Waals surface area contributed by atoms with Crippen LogP contribution in [0.4, 0.5) is 5.69 Å². The van der Waals surface area contributed by atoms with Gasteiger partial charge in [0.15, 0.2) is 0 Å². The third-order valence-corrected chi connectivity index (χ3v) is 3.36. The second-order valence-corrected chi connectivity index (χ2v) is 5.27. The van der Waals surface area contributed by atoms with Gasteiger partial charge in [0.1, 0.15) is 0 Å². The Hall–Kier alpha value is -2.66. The summed E-state index contributed by atoms with van der Waals surface area (Å²) in [6.45, 7) is 1.35. The number of anilines is 1. The minimum absolute atomic E-state index is 0.0811. The predicted octanol–water partition coefficient (Wildman–Crippen LogP) is 2.38. The Balaban J connectivity index is 2.06. The zero-order chi connectivity index (χ0) is 16.7. The predicted molar refractivity (Wildman–Crippen MR) is 88.6 cm³/mol. The molecule has 1 unspecified atom stereocenters. The van der Waals surface area contributed by atoms with Gasteiger partial charge in [-0.2, -0.15) is 0 Å². The molecule has 2 rings (SSSR count). The fraction of sp³-hybridized carbons (Fsp3) is 0.222. The van der Waals surface area contributed by atoms with Crippen LogP contribution in [0.15, 0.2) is 54.6 Å². The van der Waals surface area contributed by atoms with Gasteiger partial charge in [0, 0.05) is 12.6 Å². The maximum Gasteiger partial charge on any atom is 0.226 e. The zero-order valence-electron chi connectivity index (χ0n) is 13.0. The lowest BCUT2D eigenvalue weighted by atomic mass is 10.0. The van der Waals surface area contributed by atoms with E-state index in [0.29, 0.717) is 5.69 Å². The van der Waals surface area contributed by atoms with Gasteiger partial charge in [-0.15, -0.1) is 0 Å². The van der Waals surface area contributed by atoms with Crippen molar-refractivity contribution in [1.29, 1.82) is 0 Å². The average Bonchev–Trinajstić information content (AvgIpc) is 2.54. The number of hydrogen-bond acceptors (Lipinski definition) is 3. The van der Waals surface area contributed by atoms with Gasteiger partial charge in [0.25, 0.3) is 0 Å². The number of nitrogens with one attached hydrogen (secondary N) is 2. The Morgan fingerprint density at radius 3 is 2.48 bits per heavy atom. The van der Waals surface area contributed by atoms with Gasteiger partial charge in [-0.25, -0.2) is 0 Å². The molecule has 1 atom stereocenters. The molecular formula is C18H20N2O3. The molecule has 3 N–H and O–H groups in total. The Kier molecular flexibility index (Phi) is 5.88. The highest BCUT2D eigenvalue weighted by Gasteiger charge is 2.17. The van der Waals surface area contributed by atoms with Crippen molar-refractivity contribution in [3.8, 4) is 0 Å². The lowest BCUT2D eigenvalue weighted by Gasteiger charge is -2.18. The molecule has 23 heavy (non-hydrogen) atoms. The van der Waals surface area contributed by atoms with Crippen molar-refractivity contribution in [3.05, 3.63) is 65.7 Å². The largest absolute Gasteiger partial charge is 0.392 e. The van der Waals surface area contributed by atoms with Crippen LogP contribution in [0, 0.1) is 0 Å². The molecule has 0 fully saturated rings. The van der Waals surface area contributed by atoms with Gasteiger partial charge in [-0.05, 0) is 23.3 Å². The lowest BCUT2D eigenvalue weighted by Crippen LogP contribution is -2.29. The third-order valence-electron chi connectivity index (χ3n) is 3.36. The van der Waals surface area contributed by atoms with E-state index in [1.807, 2.05) is 30.3 Å². The first-order valence-electron chi connectivity index (χ1n) is 7.40. The number of aliphatic hydroxyl groups excluding tert-OH is 1. The summed E-state index contributed by atoms with van der Waals surface area (Å²) < 4.78 is 0. The molecule has 0 aliphatic heterocycles. The van der Waals surface area contributed by atoms with Crippen LogP contribution < -0.4 is 10.6 Å². The summed E-state index contributed by atoms with van der Waals surface area (Å²) in [5.41, 5.74) is 2.22. The van der Waals surface area contributed by atoms with Crippen molar-refractivity contribution in [2.45, 2.75) is 26.0 Å². The average molecular weight is 312 g/mol. The smallest absolute Gasteiger partial charge is 0.226 e. The molecule has 0 radical (unpaired) electrons. The van der Waals surface area contributed by atoms with Gasteiger partial charge in [-0.3, -0.25) is 9.59 Å². The second kappa shape index (κ2) is 8.10. The van der Waals surface area contributed by atoms with Crippen molar-refractivity contribution in [1.82, 2.24) is 5.32 Å². The first kappa shape index (κ1) is 16.7. The van der Waals surface area contributed by atoms with E-state index in [-0.39, 0.29) is 30.9 Å². The minimum Gasteiger partial charge on any atom is -0.392 e. The van der Waals surface area contributed by atoms with Crippen LogP contribution in [-0.4, -0.2) is 16.9 Å². The maximum atomic E-state index is 12.3. The topological polar surface area (TPSA) is 78.4 Å². The van der Waals surface area contributed by atoms with Gasteiger partial charge < -0.3 is 15.7 Å². The molecule has 0 aliphatic carbocycles. The Morgan fingerprint density at radius 1 is 1.09 bits per heavy atom. The molecule has 0 spiro atoms. The van der Waals surface area contributed by atoms with Crippen molar-refractivity contribution in [2.75, 3.05) is 5.32 Å². The molecule has 0 aromatic heterocycles. The molecule has 0 aliphatic rings. The summed E-state index contributed by atoms with van der Waals surface area (Å²) in [7, 11) is 0. The Morgan fingerprint density at radius 2 is 1.83 bits per heavy atom. The zero-order valence-corrected chi connectivity index (χ0v) is 13.0. The molecule has 0 saturated carbocycles. The molecule has 2 aromatic carbocycles. The van der Waals surface area contributed by atoms with E-state index in [1.165, 1.54) is 6.92 Å². The molecule has 2 amide bonds. The van der Waals surface area contributed by atoms with Gasteiger partial charge in [-0.1, -0.05) is 42.5 Å². The quantitative estimate of drug-likeness (QED) is 0.766. The molecule has 2 aromatic rings. The van der Waals surface area contributed by atoms with Crippen LogP contribution >= 0.6 is 0 Å². The van der Waals surface area contributed by atoms with Crippen LogP contribution in [-0.2, 0) is 16.2 Å². The van der Waals surface area contributed by atoms with Crippen molar-refractivity contribution >= 4 is 17.5 Å². The van der Waals surface area contributed by atoms with E-state index in [4.69, 9.17) is 5.11 Å². The lowest BCUT2D eigenvalue weighted by molar-refractivity contribution is -0.120. The van der Waals surface area contributed by atoms with Crippen LogP contribution in [0.2, 0.25) is 0 Å². The van der Waals surface area contributed by atoms with Crippen molar-refractivity contribution < 1.29 is 14.7 Å². The van der Waals surface area contributed by atoms with Crippen molar-refractivity contribution in [3.63, 3.8) is 0 Å². The normalized spacial score (nSPS) is 11.6. The first-order chi connectivity index (χ1) is 11.1. The standard InChI is InChI=1S/C18H20N2O3/c1-13(22)19-17(15-7-3-2-4-8-15)11-18(23)20-16-9-5-6-14(10-16)12-21/h2-10,17,21H,11-12H2,1H3,(H,19,22)(H,20,23). The maximum absolute atomic E-state index is 12.3. The molecule has 0 bridgehead atoms. The van der Waals surface area contributed by atoms with E-state index < -0.39 is 0 Å². The Labute approximate surface area is 135 Å². The summed E-state index contributed by atoms with van der Waals surface area (Å²) in [4.78, 5) is 23.6. The van der Waals surface area contributed by atoms with E-state index >= 15 is 0 Å².